The average molecular weight is 488 g/mol. The van der Waals surface area contributed by atoms with Crippen molar-refractivity contribution in [2.45, 2.75) is 44.6 Å². The monoisotopic (exact) mass is 487 g/mol. The van der Waals surface area contributed by atoms with Gasteiger partial charge in [-0.25, -0.2) is 22.2 Å². The van der Waals surface area contributed by atoms with Gasteiger partial charge in [0.05, 0.1) is 15.6 Å². The maximum absolute atomic E-state index is 13.7. The number of halogens is 1. The molecule has 0 atom stereocenters. The van der Waals surface area contributed by atoms with Gasteiger partial charge in [-0.05, 0) is 64.0 Å². The molecule has 2 aromatic heterocycles. The molecule has 174 valence electrons. The molecular formula is C24H26ClN3O4S. The largest absolute Gasteiger partial charge is 0.444 e. The van der Waals surface area contributed by atoms with Crippen LogP contribution in [0.1, 0.15) is 38.4 Å². The third-order valence-electron chi connectivity index (χ3n) is 5.36. The number of amides is 1. The minimum atomic E-state index is -3.94. The van der Waals surface area contributed by atoms with Gasteiger partial charge >= 0.3 is 6.09 Å². The molecule has 0 aliphatic carbocycles. The lowest BCUT2D eigenvalue weighted by molar-refractivity contribution is 0.0270. The van der Waals surface area contributed by atoms with E-state index in [1.165, 1.54) is 10.2 Å². The fourth-order valence-electron chi connectivity index (χ4n) is 3.72. The Kier molecular flexibility index (Phi) is 6.01. The van der Waals surface area contributed by atoms with Gasteiger partial charge in [0.25, 0.3) is 10.0 Å². The molecule has 33 heavy (non-hydrogen) atoms. The normalized spacial score (nSPS) is 14.9. The van der Waals surface area contributed by atoms with Crippen LogP contribution in [0.2, 0.25) is 5.02 Å². The van der Waals surface area contributed by atoms with Crippen molar-refractivity contribution in [3.8, 4) is 0 Å². The molecular weight excluding hydrogens is 462 g/mol. The zero-order chi connectivity index (χ0) is 24.0. The zero-order valence-electron chi connectivity index (χ0n) is 19.0. The number of rotatable bonds is 3. The van der Waals surface area contributed by atoms with Crippen LogP contribution in [-0.4, -0.2) is 47.1 Å². The highest BCUT2D eigenvalue weighted by atomic mass is 35.5. The Morgan fingerprint density at radius 2 is 1.85 bits per heavy atom. The summed E-state index contributed by atoms with van der Waals surface area (Å²) in [6.07, 6.45) is 3.43. The number of pyridine rings is 1. The highest BCUT2D eigenvalue weighted by Crippen LogP contribution is 2.34. The first kappa shape index (κ1) is 23.3. The predicted molar refractivity (Wildman–Crippen MR) is 129 cm³/mol. The lowest BCUT2D eigenvalue weighted by Gasteiger charge is -2.29. The van der Waals surface area contributed by atoms with E-state index in [1.807, 2.05) is 33.8 Å². The number of fused-ring (bicyclic) bond motifs is 1. The molecule has 3 aromatic rings. The highest BCUT2D eigenvalue weighted by Gasteiger charge is 2.29. The Labute approximate surface area is 198 Å². The minimum absolute atomic E-state index is 0.167. The number of carbonyl (C=O) groups is 1. The SMILES string of the molecule is Cc1ccc(S(=O)(=O)n2c(C3=CCN(C(=O)OC(C)(C)C)CC3)cc3c(Cl)ccnc32)cc1. The Bertz CT molecular complexity index is 1350. The zero-order valence-corrected chi connectivity index (χ0v) is 20.6. The predicted octanol–water partition coefficient (Wildman–Crippen LogP) is 5.26. The summed E-state index contributed by atoms with van der Waals surface area (Å²) >= 11 is 6.39. The second-order valence-corrected chi connectivity index (χ2v) is 11.2. The summed E-state index contributed by atoms with van der Waals surface area (Å²) in [7, 11) is -3.94. The Hall–Kier alpha value is -2.84. The van der Waals surface area contributed by atoms with Crippen molar-refractivity contribution in [2.24, 2.45) is 0 Å². The van der Waals surface area contributed by atoms with Crippen LogP contribution in [0.4, 0.5) is 4.79 Å². The summed E-state index contributed by atoms with van der Waals surface area (Å²) in [6.45, 7) is 8.09. The van der Waals surface area contributed by atoms with Crippen molar-refractivity contribution in [1.82, 2.24) is 13.9 Å². The van der Waals surface area contributed by atoms with Gasteiger partial charge in [0.1, 0.15) is 5.60 Å². The number of aryl methyl sites for hydroxylation is 1. The molecule has 1 amide bonds. The second kappa shape index (κ2) is 8.50. The summed E-state index contributed by atoms with van der Waals surface area (Å²) < 4.78 is 34.1. The molecule has 3 heterocycles. The average Bonchev–Trinajstić information content (AvgIpc) is 3.15. The van der Waals surface area contributed by atoms with Crippen LogP contribution in [-0.2, 0) is 14.8 Å². The van der Waals surface area contributed by atoms with E-state index in [0.29, 0.717) is 35.6 Å². The van der Waals surface area contributed by atoms with E-state index in [-0.39, 0.29) is 10.5 Å². The lowest BCUT2D eigenvalue weighted by Crippen LogP contribution is -2.39. The van der Waals surface area contributed by atoms with Gasteiger partial charge in [0, 0.05) is 24.7 Å². The molecule has 9 heteroatoms. The van der Waals surface area contributed by atoms with E-state index in [0.717, 1.165) is 11.1 Å². The molecule has 0 N–H and O–H groups in total. The van der Waals surface area contributed by atoms with Crippen LogP contribution in [0, 0.1) is 6.92 Å². The molecule has 7 nitrogen and oxygen atoms in total. The van der Waals surface area contributed by atoms with Gasteiger partial charge in [-0.1, -0.05) is 35.4 Å². The quantitative estimate of drug-likeness (QED) is 0.503. The molecule has 4 rings (SSSR count). The Morgan fingerprint density at radius 1 is 1.15 bits per heavy atom. The van der Waals surface area contributed by atoms with E-state index in [1.54, 1.807) is 41.3 Å². The maximum atomic E-state index is 13.7. The fourth-order valence-corrected chi connectivity index (χ4v) is 5.41. The van der Waals surface area contributed by atoms with Crippen molar-refractivity contribution in [3.63, 3.8) is 0 Å². The topological polar surface area (TPSA) is 81.5 Å². The van der Waals surface area contributed by atoms with E-state index in [9.17, 15) is 13.2 Å². The number of benzene rings is 1. The Morgan fingerprint density at radius 3 is 2.45 bits per heavy atom. The molecule has 0 fully saturated rings. The fraction of sp³-hybridized carbons (Fsp3) is 0.333. The summed E-state index contributed by atoms with van der Waals surface area (Å²) in [5, 5.41) is 0.978. The van der Waals surface area contributed by atoms with Crippen molar-refractivity contribution in [1.29, 1.82) is 0 Å². The van der Waals surface area contributed by atoms with Crippen LogP contribution in [0.15, 0.2) is 53.6 Å². The third kappa shape index (κ3) is 4.63. The van der Waals surface area contributed by atoms with Crippen LogP contribution < -0.4 is 0 Å². The summed E-state index contributed by atoms with van der Waals surface area (Å²) in [5.41, 5.74) is 1.95. The van der Waals surface area contributed by atoms with Crippen molar-refractivity contribution >= 4 is 44.3 Å². The Balaban J connectivity index is 1.79. The number of ether oxygens (including phenoxy) is 1. The van der Waals surface area contributed by atoms with Crippen molar-refractivity contribution < 1.29 is 17.9 Å². The smallest absolute Gasteiger partial charge is 0.410 e. The van der Waals surface area contributed by atoms with Crippen LogP contribution >= 0.6 is 11.6 Å². The molecule has 0 saturated heterocycles. The molecule has 0 spiro atoms. The molecule has 1 aliphatic heterocycles. The molecule has 0 radical (unpaired) electrons. The lowest BCUT2D eigenvalue weighted by atomic mass is 10.1. The van der Waals surface area contributed by atoms with E-state index in [4.69, 9.17) is 16.3 Å². The van der Waals surface area contributed by atoms with Gasteiger partial charge in [-0.3, -0.25) is 0 Å². The molecule has 0 unspecified atom stereocenters. The number of aromatic nitrogens is 2. The molecule has 0 saturated carbocycles. The van der Waals surface area contributed by atoms with Gasteiger partial charge in [0.15, 0.2) is 5.65 Å². The standard InChI is InChI=1S/C24H26ClN3O4S/c1-16-5-7-18(8-6-16)33(30,31)28-21(15-19-20(25)9-12-26-22(19)28)17-10-13-27(14-11-17)23(29)32-24(2,3)4/h5-10,12,15H,11,13-14H2,1-4H3. The molecule has 1 aromatic carbocycles. The molecule has 0 bridgehead atoms. The summed E-state index contributed by atoms with van der Waals surface area (Å²) in [5.74, 6) is 0. The van der Waals surface area contributed by atoms with E-state index >= 15 is 0 Å². The number of nitrogens with zero attached hydrogens (tertiary/aromatic N) is 3. The first-order valence-corrected chi connectivity index (χ1v) is 12.4. The van der Waals surface area contributed by atoms with E-state index < -0.39 is 21.7 Å². The number of carbonyl (C=O) groups excluding carboxylic acids is 1. The van der Waals surface area contributed by atoms with Gasteiger partial charge in [-0.2, -0.15) is 0 Å². The van der Waals surface area contributed by atoms with Crippen LogP contribution in [0.25, 0.3) is 16.6 Å². The number of hydrogen-bond acceptors (Lipinski definition) is 5. The highest BCUT2D eigenvalue weighted by molar-refractivity contribution is 7.90. The maximum Gasteiger partial charge on any atom is 0.410 e. The second-order valence-electron chi connectivity index (χ2n) is 9.05. The van der Waals surface area contributed by atoms with Crippen molar-refractivity contribution in [2.75, 3.05) is 13.1 Å². The molecule has 1 aliphatic rings. The number of hydrogen-bond donors (Lipinski definition) is 0. The summed E-state index contributed by atoms with van der Waals surface area (Å²) in [6, 6.07) is 10.1. The van der Waals surface area contributed by atoms with E-state index in [2.05, 4.69) is 4.98 Å². The first-order valence-electron chi connectivity index (χ1n) is 10.6. The van der Waals surface area contributed by atoms with Gasteiger partial charge in [-0.15, -0.1) is 0 Å². The van der Waals surface area contributed by atoms with Crippen LogP contribution in [0.3, 0.4) is 0 Å². The first-order chi connectivity index (χ1) is 15.5. The van der Waals surface area contributed by atoms with Gasteiger partial charge in [0.2, 0.25) is 0 Å². The summed E-state index contributed by atoms with van der Waals surface area (Å²) in [4.78, 5) is 18.5. The van der Waals surface area contributed by atoms with Crippen LogP contribution in [0.5, 0.6) is 0 Å². The van der Waals surface area contributed by atoms with Gasteiger partial charge < -0.3 is 9.64 Å². The third-order valence-corrected chi connectivity index (χ3v) is 7.40. The van der Waals surface area contributed by atoms with Crippen molar-refractivity contribution in [3.05, 3.63) is 65.0 Å². The minimum Gasteiger partial charge on any atom is -0.444 e.